The standard InChI is InChI=1S/C21H16F6N4O/c22-20(23,24)19-29-10-15-12-31(8-7-18(15)30-19)11-13-1-6-17(28-9-13)14-2-4-16(5-3-14)32-21(25,26)27/h1-6,9-10H,7-8,11-12H2. The van der Waals surface area contributed by atoms with Gasteiger partial charge in [0.25, 0.3) is 0 Å². The van der Waals surface area contributed by atoms with Crippen molar-refractivity contribution in [2.45, 2.75) is 32.0 Å². The van der Waals surface area contributed by atoms with Gasteiger partial charge in [0.05, 0.1) is 11.4 Å². The third kappa shape index (κ3) is 5.34. The summed E-state index contributed by atoms with van der Waals surface area (Å²) in [5.41, 5.74) is 3.19. The maximum atomic E-state index is 12.8. The summed E-state index contributed by atoms with van der Waals surface area (Å²) in [7, 11) is 0. The SMILES string of the molecule is FC(F)(F)Oc1ccc(-c2ccc(CN3CCc4nc(C(F)(F)F)ncc4C3)cn2)cc1. The molecule has 168 valence electrons. The van der Waals surface area contributed by atoms with E-state index in [2.05, 4.69) is 24.6 Å². The second-order valence-corrected chi connectivity index (χ2v) is 7.25. The molecule has 0 radical (unpaired) electrons. The molecule has 1 aliphatic heterocycles. The summed E-state index contributed by atoms with van der Waals surface area (Å²) in [5, 5.41) is 0. The molecule has 3 aromatic rings. The van der Waals surface area contributed by atoms with Crippen LogP contribution in [0.25, 0.3) is 11.3 Å². The van der Waals surface area contributed by atoms with Crippen LogP contribution in [0.1, 0.15) is 22.6 Å². The lowest BCUT2D eigenvalue weighted by atomic mass is 10.1. The van der Waals surface area contributed by atoms with E-state index < -0.39 is 18.4 Å². The molecule has 1 aromatic carbocycles. The predicted octanol–water partition coefficient (Wildman–Crippen LogP) is 5.01. The highest BCUT2D eigenvalue weighted by Crippen LogP contribution is 2.29. The first-order valence-electron chi connectivity index (χ1n) is 9.52. The number of rotatable bonds is 4. The van der Waals surface area contributed by atoms with Gasteiger partial charge in [0.15, 0.2) is 0 Å². The lowest BCUT2D eigenvalue weighted by Gasteiger charge is -2.28. The predicted molar refractivity (Wildman–Crippen MR) is 101 cm³/mol. The van der Waals surface area contributed by atoms with Gasteiger partial charge in [-0.05, 0) is 35.9 Å². The van der Waals surface area contributed by atoms with Crippen LogP contribution in [-0.2, 0) is 25.7 Å². The van der Waals surface area contributed by atoms with E-state index in [0.29, 0.717) is 48.6 Å². The highest BCUT2D eigenvalue weighted by atomic mass is 19.4. The molecule has 0 atom stereocenters. The van der Waals surface area contributed by atoms with Crippen LogP contribution in [0.3, 0.4) is 0 Å². The average molecular weight is 454 g/mol. The normalized spacial score (nSPS) is 14.8. The summed E-state index contributed by atoms with van der Waals surface area (Å²) < 4.78 is 78.9. The van der Waals surface area contributed by atoms with Crippen molar-refractivity contribution < 1.29 is 31.1 Å². The van der Waals surface area contributed by atoms with Crippen molar-refractivity contribution in [3.05, 3.63) is 71.4 Å². The summed E-state index contributed by atoms with van der Waals surface area (Å²) >= 11 is 0. The van der Waals surface area contributed by atoms with E-state index in [1.807, 2.05) is 6.07 Å². The first-order chi connectivity index (χ1) is 15.1. The Morgan fingerprint density at radius 2 is 1.66 bits per heavy atom. The highest BCUT2D eigenvalue weighted by Gasteiger charge is 2.35. The Bertz CT molecular complexity index is 1080. The van der Waals surface area contributed by atoms with E-state index >= 15 is 0 Å². The number of benzene rings is 1. The van der Waals surface area contributed by atoms with E-state index in [9.17, 15) is 26.3 Å². The summed E-state index contributed by atoms with van der Waals surface area (Å²) in [6.07, 6.45) is -6.04. The molecule has 5 nitrogen and oxygen atoms in total. The van der Waals surface area contributed by atoms with Crippen molar-refractivity contribution in [1.29, 1.82) is 0 Å². The molecule has 0 N–H and O–H groups in total. The Labute approximate surface area is 178 Å². The number of nitrogens with zero attached hydrogens (tertiary/aromatic N) is 4. The van der Waals surface area contributed by atoms with Crippen LogP contribution >= 0.6 is 0 Å². The third-order valence-corrected chi connectivity index (χ3v) is 4.88. The van der Waals surface area contributed by atoms with E-state index in [0.717, 1.165) is 5.56 Å². The summed E-state index contributed by atoms with van der Waals surface area (Å²) in [6.45, 7) is 1.51. The maximum absolute atomic E-state index is 12.8. The first kappa shape index (κ1) is 22.0. The Morgan fingerprint density at radius 1 is 0.906 bits per heavy atom. The lowest BCUT2D eigenvalue weighted by Crippen LogP contribution is -2.31. The third-order valence-electron chi connectivity index (χ3n) is 4.88. The van der Waals surface area contributed by atoms with Gasteiger partial charge in [-0.25, -0.2) is 9.97 Å². The minimum absolute atomic E-state index is 0.311. The van der Waals surface area contributed by atoms with Gasteiger partial charge < -0.3 is 4.74 Å². The molecular weight excluding hydrogens is 438 g/mol. The van der Waals surface area contributed by atoms with Gasteiger partial charge in [0.2, 0.25) is 5.82 Å². The molecular formula is C21H16F6N4O. The fourth-order valence-corrected chi connectivity index (χ4v) is 3.42. The first-order valence-corrected chi connectivity index (χ1v) is 9.52. The number of aromatic nitrogens is 3. The van der Waals surface area contributed by atoms with Crippen LogP contribution in [0.2, 0.25) is 0 Å². The topological polar surface area (TPSA) is 51.1 Å². The van der Waals surface area contributed by atoms with Gasteiger partial charge in [-0.15, -0.1) is 13.2 Å². The number of ether oxygens (including phenoxy) is 1. The molecule has 4 rings (SSSR count). The molecule has 0 fully saturated rings. The second-order valence-electron chi connectivity index (χ2n) is 7.25. The maximum Gasteiger partial charge on any atom is 0.573 e. The van der Waals surface area contributed by atoms with Crippen molar-refractivity contribution >= 4 is 0 Å². The minimum Gasteiger partial charge on any atom is -0.406 e. The van der Waals surface area contributed by atoms with Gasteiger partial charge >= 0.3 is 12.5 Å². The summed E-state index contributed by atoms with van der Waals surface area (Å²) in [5.74, 6) is -1.43. The Kier molecular flexibility index (Phi) is 5.76. The minimum atomic E-state index is -4.75. The van der Waals surface area contributed by atoms with Crippen molar-refractivity contribution in [2.75, 3.05) is 6.54 Å². The molecule has 0 unspecified atom stereocenters. The van der Waals surface area contributed by atoms with Crippen molar-refractivity contribution in [1.82, 2.24) is 19.9 Å². The number of fused-ring (bicyclic) bond motifs is 1. The van der Waals surface area contributed by atoms with Crippen LogP contribution in [0.4, 0.5) is 26.3 Å². The van der Waals surface area contributed by atoms with Crippen LogP contribution < -0.4 is 4.74 Å². The zero-order valence-electron chi connectivity index (χ0n) is 16.4. The van der Waals surface area contributed by atoms with E-state index in [1.165, 1.54) is 30.5 Å². The monoisotopic (exact) mass is 454 g/mol. The zero-order valence-corrected chi connectivity index (χ0v) is 16.4. The largest absolute Gasteiger partial charge is 0.573 e. The highest BCUT2D eigenvalue weighted by molar-refractivity contribution is 5.60. The molecule has 3 heterocycles. The number of alkyl halides is 6. The molecule has 1 aliphatic rings. The number of hydrogen-bond acceptors (Lipinski definition) is 5. The zero-order chi connectivity index (χ0) is 22.9. The summed E-state index contributed by atoms with van der Waals surface area (Å²) in [4.78, 5) is 13.5. The van der Waals surface area contributed by atoms with E-state index in [-0.39, 0.29) is 5.75 Å². The van der Waals surface area contributed by atoms with Crippen LogP contribution in [0, 0.1) is 0 Å². The Morgan fingerprint density at radius 3 is 2.28 bits per heavy atom. The Balaban J connectivity index is 1.39. The average Bonchev–Trinajstić information content (AvgIpc) is 2.73. The fourth-order valence-electron chi connectivity index (χ4n) is 3.42. The van der Waals surface area contributed by atoms with E-state index in [4.69, 9.17) is 0 Å². The van der Waals surface area contributed by atoms with Crippen molar-refractivity contribution in [2.24, 2.45) is 0 Å². The lowest BCUT2D eigenvalue weighted by molar-refractivity contribution is -0.274. The molecule has 0 bridgehead atoms. The molecule has 2 aromatic heterocycles. The number of halogens is 6. The van der Waals surface area contributed by atoms with Gasteiger partial charge in [-0.2, -0.15) is 13.2 Å². The Hall–Kier alpha value is -3.21. The molecule has 0 saturated carbocycles. The molecule has 0 spiro atoms. The van der Waals surface area contributed by atoms with Gasteiger partial charge in [0.1, 0.15) is 5.75 Å². The number of hydrogen-bond donors (Lipinski definition) is 0. The molecule has 0 saturated heterocycles. The van der Waals surface area contributed by atoms with Gasteiger partial charge in [-0.3, -0.25) is 9.88 Å². The van der Waals surface area contributed by atoms with Gasteiger partial charge in [0, 0.05) is 49.6 Å². The molecule has 0 amide bonds. The van der Waals surface area contributed by atoms with Crippen molar-refractivity contribution in [3.8, 4) is 17.0 Å². The fraction of sp³-hybridized carbons (Fsp3) is 0.286. The number of pyridine rings is 1. The smallest absolute Gasteiger partial charge is 0.406 e. The second kappa shape index (κ2) is 8.38. The summed E-state index contributed by atoms with van der Waals surface area (Å²) in [6, 6.07) is 9.01. The molecule has 32 heavy (non-hydrogen) atoms. The van der Waals surface area contributed by atoms with Crippen LogP contribution in [0.5, 0.6) is 5.75 Å². The van der Waals surface area contributed by atoms with Crippen molar-refractivity contribution in [3.63, 3.8) is 0 Å². The van der Waals surface area contributed by atoms with Crippen LogP contribution in [0.15, 0.2) is 48.8 Å². The molecule has 11 heteroatoms. The van der Waals surface area contributed by atoms with Crippen LogP contribution in [-0.4, -0.2) is 32.8 Å². The van der Waals surface area contributed by atoms with Gasteiger partial charge in [-0.1, -0.05) is 6.07 Å². The van der Waals surface area contributed by atoms with E-state index in [1.54, 1.807) is 12.3 Å². The quantitative estimate of drug-likeness (QED) is 0.519. The molecule has 0 aliphatic carbocycles.